The van der Waals surface area contributed by atoms with Gasteiger partial charge in [0.25, 0.3) is 0 Å². The Kier molecular flexibility index (Phi) is 7.56. The topological polar surface area (TPSA) is 56.7 Å². The lowest BCUT2D eigenvalue weighted by molar-refractivity contribution is -0.130. The van der Waals surface area contributed by atoms with Crippen LogP contribution in [0.2, 0.25) is 0 Å². The molecule has 1 fully saturated rings. The molecular formula is C22H29IN4OS. The van der Waals surface area contributed by atoms with Gasteiger partial charge in [-0.1, -0.05) is 30.3 Å². The van der Waals surface area contributed by atoms with E-state index in [9.17, 15) is 4.79 Å². The predicted octanol–water partition coefficient (Wildman–Crippen LogP) is 3.54. The summed E-state index contributed by atoms with van der Waals surface area (Å²) in [5.41, 5.74) is 2.88. The summed E-state index contributed by atoms with van der Waals surface area (Å²) < 4.78 is 0. The first-order valence-corrected chi connectivity index (χ1v) is 11.0. The maximum Gasteiger partial charge on any atom is 0.244 e. The smallest absolute Gasteiger partial charge is 0.244 e. The fourth-order valence-electron chi connectivity index (χ4n) is 3.81. The number of nitrogens with zero attached hydrogens (tertiary/aromatic N) is 2. The molecule has 0 unspecified atom stereocenters. The van der Waals surface area contributed by atoms with E-state index in [1.54, 1.807) is 11.3 Å². The van der Waals surface area contributed by atoms with E-state index in [-0.39, 0.29) is 41.8 Å². The number of amides is 1. The van der Waals surface area contributed by atoms with Crippen molar-refractivity contribution in [3.05, 3.63) is 57.8 Å². The molecule has 2 heterocycles. The molecule has 0 atom stereocenters. The van der Waals surface area contributed by atoms with E-state index < -0.39 is 0 Å². The monoisotopic (exact) mass is 524 g/mol. The van der Waals surface area contributed by atoms with Crippen LogP contribution in [-0.4, -0.2) is 42.9 Å². The van der Waals surface area contributed by atoms with Gasteiger partial charge in [-0.05, 0) is 48.8 Å². The van der Waals surface area contributed by atoms with E-state index in [4.69, 9.17) is 0 Å². The SMILES string of the molecule is CCNC(=NCC(=O)N1CCc2sccc2C1)NCC1(c2ccccc2)CC1.I. The van der Waals surface area contributed by atoms with Crippen LogP contribution in [0.5, 0.6) is 0 Å². The number of guanidine groups is 1. The maximum absolute atomic E-state index is 12.6. The average Bonchev–Trinajstić information content (AvgIpc) is 3.38. The first-order valence-electron chi connectivity index (χ1n) is 10.1. The molecule has 1 amide bonds. The van der Waals surface area contributed by atoms with Crippen molar-refractivity contribution in [3.63, 3.8) is 0 Å². The van der Waals surface area contributed by atoms with Crippen LogP contribution in [0.4, 0.5) is 0 Å². The maximum atomic E-state index is 12.6. The molecule has 1 aromatic heterocycles. The first-order chi connectivity index (χ1) is 13.7. The first kappa shape index (κ1) is 22.1. The van der Waals surface area contributed by atoms with Crippen LogP contribution in [0.1, 0.15) is 35.8 Å². The van der Waals surface area contributed by atoms with Crippen LogP contribution in [-0.2, 0) is 23.2 Å². The summed E-state index contributed by atoms with van der Waals surface area (Å²) in [7, 11) is 0. The average molecular weight is 524 g/mol. The molecule has 1 saturated carbocycles. The molecule has 1 aliphatic carbocycles. The third-order valence-corrected chi connectivity index (χ3v) is 6.73. The van der Waals surface area contributed by atoms with Crippen molar-refractivity contribution < 1.29 is 4.79 Å². The molecule has 0 radical (unpaired) electrons. The van der Waals surface area contributed by atoms with Crippen LogP contribution in [0, 0.1) is 0 Å². The number of benzene rings is 1. The van der Waals surface area contributed by atoms with Gasteiger partial charge >= 0.3 is 0 Å². The summed E-state index contributed by atoms with van der Waals surface area (Å²) in [6.45, 7) is 5.37. The minimum absolute atomic E-state index is 0. The highest BCUT2D eigenvalue weighted by Crippen LogP contribution is 2.47. The summed E-state index contributed by atoms with van der Waals surface area (Å²) in [6.07, 6.45) is 3.35. The third-order valence-electron chi connectivity index (χ3n) is 5.71. The van der Waals surface area contributed by atoms with Crippen molar-refractivity contribution in [3.8, 4) is 0 Å². The molecule has 4 rings (SSSR count). The van der Waals surface area contributed by atoms with Gasteiger partial charge in [-0.25, -0.2) is 4.99 Å². The molecule has 1 aromatic carbocycles. The Bertz CT molecular complexity index is 848. The Morgan fingerprint density at radius 3 is 2.72 bits per heavy atom. The highest BCUT2D eigenvalue weighted by atomic mass is 127. The van der Waals surface area contributed by atoms with Gasteiger partial charge in [0.15, 0.2) is 5.96 Å². The molecule has 0 bridgehead atoms. The van der Waals surface area contributed by atoms with Gasteiger partial charge in [0.2, 0.25) is 5.91 Å². The summed E-state index contributed by atoms with van der Waals surface area (Å²) >= 11 is 1.79. The number of thiophene rings is 1. The van der Waals surface area contributed by atoms with Crippen LogP contribution in [0.15, 0.2) is 46.8 Å². The third kappa shape index (κ3) is 5.31. The number of carbonyl (C=O) groups excluding carboxylic acids is 1. The van der Waals surface area contributed by atoms with Crippen LogP contribution in [0.3, 0.4) is 0 Å². The number of rotatable bonds is 6. The van der Waals surface area contributed by atoms with Crippen LogP contribution < -0.4 is 10.6 Å². The van der Waals surface area contributed by atoms with Crippen molar-refractivity contribution in [2.75, 3.05) is 26.2 Å². The largest absolute Gasteiger partial charge is 0.357 e. The molecule has 0 spiro atoms. The van der Waals surface area contributed by atoms with E-state index in [0.29, 0.717) is 6.54 Å². The summed E-state index contributed by atoms with van der Waals surface area (Å²) in [4.78, 5) is 20.5. The zero-order valence-electron chi connectivity index (χ0n) is 16.8. The molecule has 156 valence electrons. The Morgan fingerprint density at radius 2 is 2.00 bits per heavy atom. The van der Waals surface area contributed by atoms with Gasteiger partial charge < -0.3 is 15.5 Å². The lowest BCUT2D eigenvalue weighted by Crippen LogP contribution is -2.42. The van der Waals surface area contributed by atoms with E-state index in [0.717, 1.165) is 32.0 Å². The van der Waals surface area contributed by atoms with Crippen molar-refractivity contribution in [2.24, 2.45) is 4.99 Å². The molecular weight excluding hydrogens is 495 g/mol. The van der Waals surface area contributed by atoms with E-state index in [1.165, 1.54) is 28.8 Å². The highest BCUT2D eigenvalue weighted by molar-refractivity contribution is 14.0. The molecule has 7 heteroatoms. The number of fused-ring (bicyclic) bond motifs is 1. The second kappa shape index (κ2) is 9.93. The van der Waals surface area contributed by atoms with Gasteiger partial charge in [0.1, 0.15) is 6.54 Å². The minimum Gasteiger partial charge on any atom is -0.357 e. The number of aliphatic imine (C=N–C) groups is 1. The lowest BCUT2D eigenvalue weighted by atomic mass is 9.96. The molecule has 2 N–H and O–H groups in total. The van der Waals surface area contributed by atoms with Gasteiger partial charge in [0.05, 0.1) is 0 Å². The van der Waals surface area contributed by atoms with E-state index in [1.807, 2.05) is 11.8 Å². The number of hydrogen-bond acceptors (Lipinski definition) is 3. The van der Waals surface area contributed by atoms with Crippen LogP contribution in [0.25, 0.3) is 0 Å². The van der Waals surface area contributed by atoms with E-state index >= 15 is 0 Å². The Balaban J connectivity index is 0.00000240. The van der Waals surface area contributed by atoms with Crippen molar-refractivity contribution >= 4 is 47.2 Å². The summed E-state index contributed by atoms with van der Waals surface area (Å²) in [5, 5.41) is 8.85. The second-order valence-electron chi connectivity index (χ2n) is 7.63. The van der Waals surface area contributed by atoms with Crippen molar-refractivity contribution in [2.45, 2.75) is 38.1 Å². The zero-order valence-corrected chi connectivity index (χ0v) is 20.0. The van der Waals surface area contributed by atoms with Crippen LogP contribution >= 0.6 is 35.3 Å². The zero-order chi connectivity index (χ0) is 19.4. The standard InChI is InChI=1S/C22H28N4OS.HI/c1-2-23-21(25-16-22(10-11-22)18-6-4-3-5-7-18)24-14-20(27)26-12-8-19-17(15-26)9-13-28-19;/h3-7,9,13H,2,8,10-12,14-16H2,1H3,(H2,23,24,25);1H. The Hall–Kier alpha value is -1.61. The molecule has 2 aliphatic rings. The molecule has 5 nitrogen and oxygen atoms in total. The fraction of sp³-hybridized carbons (Fsp3) is 0.455. The molecule has 1 aliphatic heterocycles. The van der Waals surface area contributed by atoms with Gasteiger partial charge in [-0.2, -0.15) is 0 Å². The van der Waals surface area contributed by atoms with E-state index in [2.05, 4.69) is 57.4 Å². The van der Waals surface area contributed by atoms with Crippen molar-refractivity contribution in [1.29, 1.82) is 0 Å². The highest BCUT2D eigenvalue weighted by Gasteiger charge is 2.44. The fourth-order valence-corrected chi connectivity index (χ4v) is 4.70. The quantitative estimate of drug-likeness (QED) is 0.346. The molecule has 0 saturated heterocycles. The predicted molar refractivity (Wildman–Crippen MR) is 130 cm³/mol. The summed E-state index contributed by atoms with van der Waals surface area (Å²) in [5.74, 6) is 0.824. The number of nitrogens with one attached hydrogen (secondary N) is 2. The molecule has 2 aromatic rings. The summed E-state index contributed by atoms with van der Waals surface area (Å²) in [6, 6.07) is 12.8. The Labute approximate surface area is 194 Å². The number of carbonyl (C=O) groups is 1. The number of hydrogen-bond donors (Lipinski definition) is 2. The van der Waals surface area contributed by atoms with Gasteiger partial charge in [-0.15, -0.1) is 35.3 Å². The lowest BCUT2D eigenvalue weighted by Gasteiger charge is -2.26. The molecule has 29 heavy (non-hydrogen) atoms. The van der Waals surface area contributed by atoms with Gasteiger partial charge in [0, 0.05) is 36.5 Å². The minimum atomic E-state index is 0. The Morgan fingerprint density at radius 1 is 1.21 bits per heavy atom. The second-order valence-corrected chi connectivity index (χ2v) is 8.63. The number of halogens is 1. The van der Waals surface area contributed by atoms with Gasteiger partial charge in [-0.3, -0.25) is 4.79 Å². The van der Waals surface area contributed by atoms with Crippen molar-refractivity contribution in [1.82, 2.24) is 15.5 Å². The normalized spacial score (nSPS) is 17.1.